The maximum atomic E-state index is 3.70. The molecule has 1 nitrogen and oxygen atoms in total. The molecule has 0 aromatic heterocycles. The summed E-state index contributed by atoms with van der Waals surface area (Å²) >= 11 is 0. The summed E-state index contributed by atoms with van der Waals surface area (Å²) in [4.78, 5) is 0. The largest absolute Gasteiger partial charge is 0.316 e. The minimum atomic E-state index is 0.796. The predicted octanol–water partition coefficient (Wildman–Crippen LogP) is 4.23. The summed E-state index contributed by atoms with van der Waals surface area (Å²) in [5.41, 5.74) is 0. The lowest BCUT2D eigenvalue weighted by Gasteiger charge is -2.32. The third-order valence-corrected chi connectivity index (χ3v) is 4.93. The molecule has 2 rings (SSSR count). The SMILES string of the molecule is CC(C)CNCC1CCCC1C1CCCCC1. The summed E-state index contributed by atoms with van der Waals surface area (Å²) in [6, 6.07) is 0. The lowest BCUT2D eigenvalue weighted by Crippen LogP contribution is -2.31. The second-order valence-electron chi connectivity index (χ2n) is 6.81. The normalized spacial score (nSPS) is 31.2. The molecule has 2 fully saturated rings. The Hall–Kier alpha value is -0.0400. The fourth-order valence-corrected chi connectivity index (χ4v) is 4.06. The van der Waals surface area contributed by atoms with Crippen LogP contribution < -0.4 is 5.32 Å². The van der Waals surface area contributed by atoms with Gasteiger partial charge in [-0.15, -0.1) is 0 Å². The molecule has 2 unspecified atom stereocenters. The van der Waals surface area contributed by atoms with E-state index < -0.39 is 0 Å². The first kappa shape index (κ1) is 13.4. The van der Waals surface area contributed by atoms with Crippen LogP contribution in [0.15, 0.2) is 0 Å². The smallest absolute Gasteiger partial charge is 0.00177 e. The first-order valence-electron chi connectivity index (χ1n) is 7.98. The van der Waals surface area contributed by atoms with E-state index in [1.54, 1.807) is 0 Å². The molecule has 0 aliphatic heterocycles. The summed E-state index contributed by atoms with van der Waals surface area (Å²) in [7, 11) is 0. The number of hydrogen-bond acceptors (Lipinski definition) is 1. The molecule has 0 aromatic carbocycles. The van der Waals surface area contributed by atoms with Gasteiger partial charge in [0.2, 0.25) is 0 Å². The first-order valence-corrected chi connectivity index (χ1v) is 7.98. The van der Waals surface area contributed by atoms with Gasteiger partial charge in [0.15, 0.2) is 0 Å². The van der Waals surface area contributed by atoms with Gasteiger partial charge in [-0.2, -0.15) is 0 Å². The average Bonchev–Trinajstić information content (AvgIpc) is 2.78. The third-order valence-electron chi connectivity index (χ3n) is 4.93. The zero-order valence-corrected chi connectivity index (χ0v) is 11.9. The highest BCUT2D eigenvalue weighted by Gasteiger charge is 2.33. The van der Waals surface area contributed by atoms with Crippen LogP contribution in [-0.2, 0) is 0 Å². The van der Waals surface area contributed by atoms with E-state index >= 15 is 0 Å². The van der Waals surface area contributed by atoms with Crippen molar-refractivity contribution in [2.45, 2.75) is 65.2 Å². The van der Waals surface area contributed by atoms with E-state index in [1.807, 2.05) is 0 Å². The summed E-state index contributed by atoms with van der Waals surface area (Å²) in [6.07, 6.45) is 12.1. The summed E-state index contributed by atoms with van der Waals surface area (Å²) in [5.74, 6) is 3.94. The average molecular weight is 237 g/mol. The van der Waals surface area contributed by atoms with Crippen LogP contribution in [0, 0.1) is 23.7 Å². The van der Waals surface area contributed by atoms with Crippen molar-refractivity contribution in [1.82, 2.24) is 5.32 Å². The highest BCUT2D eigenvalue weighted by molar-refractivity contribution is 4.85. The van der Waals surface area contributed by atoms with Crippen LogP contribution in [0.5, 0.6) is 0 Å². The van der Waals surface area contributed by atoms with E-state index in [0.29, 0.717) is 0 Å². The van der Waals surface area contributed by atoms with Gasteiger partial charge in [0.25, 0.3) is 0 Å². The molecule has 100 valence electrons. The maximum absolute atomic E-state index is 3.70. The molecule has 0 saturated heterocycles. The molecule has 2 saturated carbocycles. The lowest BCUT2D eigenvalue weighted by molar-refractivity contribution is 0.198. The van der Waals surface area contributed by atoms with E-state index in [9.17, 15) is 0 Å². The van der Waals surface area contributed by atoms with Crippen LogP contribution in [0.25, 0.3) is 0 Å². The van der Waals surface area contributed by atoms with Gasteiger partial charge >= 0.3 is 0 Å². The minimum Gasteiger partial charge on any atom is -0.316 e. The Morgan fingerprint density at radius 2 is 1.71 bits per heavy atom. The zero-order valence-electron chi connectivity index (χ0n) is 11.9. The van der Waals surface area contributed by atoms with Crippen LogP contribution in [0.4, 0.5) is 0 Å². The summed E-state index contributed by atoms with van der Waals surface area (Å²) in [5, 5.41) is 3.70. The van der Waals surface area contributed by atoms with Gasteiger partial charge in [0.1, 0.15) is 0 Å². The molecule has 0 radical (unpaired) electrons. The molecule has 1 heteroatoms. The van der Waals surface area contributed by atoms with Crippen molar-refractivity contribution in [3.8, 4) is 0 Å². The molecule has 2 aliphatic rings. The van der Waals surface area contributed by atoms with Gasteiger partial charge in [-0.25, -0.2) is 0 Å². The van der Waals surface area contributed by atoms with Crippen molar-refractivity contribution < 1.29 is 0 Å². The van der Waals surface area contributed by atoms with E-state index in [2.05, 4.69) is 19.2 Å². The Morgan fingerprint density at radius 3 is 2.41 bits per heavy atom. The van der Waals surface area contributed by atoms with Crippen LogP contribution >= 0.6 is 0 Å². The van der Waals surface area contributed by atoms with Gasteiger partial charge in [-0.3, -0.25) is 0 Å². The monoisotopic (exact) mass is 237 g/mol. The fourth-order valence-electron chi connectivity index (χ4n) is 4.06. The minimum absolute atomic E-state index is 0.796. The molecular weight excluding hydrogens is 206 g/mol. The van der Waals surface area contributed by atoms with Crippen LogP contribution in [0.2, 0.25) is 0 Å². The van der Waals surface area contributed by atoms with E-state index in [0.717, 1.165) is 23.7 Å². The van der Waals surface area contributed by atoms with Gasteiger partial charge in [-0.1, -0.05) is 52.4 Å². The van der Waals surface area contributed by atoms with Gasteiger partial charge in [0.05, 0.1) is 0 Å². The van der Waals surface area contributed by atoms with Crippen molar-refractivity contribution in [2.75, 3.05) is 13.1 Å². The van der Waals surface area contributed by atoms with E-state index in [4.69, 9.17) is 0 Å². The molecule has 1 N–H and O–H groups in total. The summed E-state index contributed by atoms with van der Waals surface area (Å²) in [6.45, 7) is 7.10. The van der Waals surface area contributed by atoms with Crippen molar-refractivity contribution in [3.05, 3.63) is 0 Å². The summed E-state index contributed by atoms with van der Waals surface area (Å²) < 4.78 is 0. The van der Waals surface area contributed by atoms with Gasteiger partial charge in [-0.05, 0) is 49.6 Å². The highest BCUT2D eigenvalue weighted by atomic mass is 14.9. The molecule has 0 spiro atoms. The topological polar surface area (TPSA) is 12.0 Å². The predicted molar refractivity (Wildman–Crippen MR) is 75.1 cm³/mol. The Labute approximate surface area is 108 Å². The Bertz CT molecular complexity index is 206. The molecule has 17 heavy (non-hydrogen) atoms. The van der Waals surface area contributed by atoms with Crippen LogP contribution in [-0.4, -0.2) is 13.1 Å². The molecule has 2 atom stereocenters. The zero-order chi connectivity index (χ0) is 12.1. The highest BCUT2D eigenvalue weighted by Crippen LogP contribution is 2.42. The van der Waals surface area contributed by atoms with Crippen molar-refractivity contribution in [3.63, 3.8) is 0 Å². The number of rotatable bonds is 5. The van der Waals surface area contributed by atoms with Crippen molar-refractivity contribution >= 4 is 0 Å². The fraction of sp³-hybridized carbons (Fsp3) is 1.00. The quantitative estimate of drug-likeness (QED) is 0.754. The second kappa shape index (κ2) is 6.78. The van der Waals surface area contributed by atoms with Crippen molar-refractivity contribution in [1.29, 1.82) is 0 Å². The molecule has 0 amide bonds. The van der Waals surface area contributed by atoms with E-state index in [-0.39, 0.29) is 0 Å². The molecule has 2 aliphatic carbocycles. The lowest BCUT2D eigenvalue weighted by atomic mass is 9.75. The Morgan fingerprint density at radius 1 is 0.941 bits per heavy atom. The second-order valence-corrected chi connectivity index (χ2v) is 6.81. The standard InChI is InChI=1S/C16H31N/c1-13(2)11-17-12-15-9-6-10-16(15)14-7-4-3-5-8-14/h13-17H,3-12H2,1-2H3. The first-order chi connectivity index (χ1) is 8.27. The van der Waals surface area contributed by atoms with Crippen LogP contribution in [0.3, 0.4) is 0 Å². The third kappa shape index (κ3) is 3.98. The maximum Gasteiger partial charge on any atom is -0.00177 e. The molecule has 0 heterocycles. The Kier molecular flexibility index (Phi) is 5.34. The molecular formula is C16H31N. The number of nitrogens with one attached hydrogen (secondary N) is 1. The van der Waals surface area contributed by atoms with Gasteiger partial charge in [0, 0.05) is 0 Å². The van der Waals surface area contributed by atoms with Gasteiger partial charge < -0.3 is 5.32 Å². The number of hydrogen-bond donors (Lipinski definition) is 1. The Balaban J connectivity index is 1.75. The van der Waals surface area contributed by atoms with Crippen molar-refractivity contribution in [2.24, 2.45) is 23.7 Å². The molecule has 0 aromatic rings. The van der Waals surface area contributed by atoms with Crippen LogP contribution in [0.1, 0.15) is 65.2 Å². The van der Waals surface area contributed by atoms with E-state index in [1.165, 1.54) is 64.5 Å². The molecule has 0 bridgehead atoms.